The largest absolute Gasteiger partial charge is 0.352 e. The predicted octanol–water partition coefficient (Wildman–Crippen LogP) is 1.95. The van der Waals surface area contributed by atoms with Gasteiger partial charge in [-0.1, -0.05) is 26.2 Å². The van der Waals surface area contributed by atoms with E-state index < -0.39 is 0 Å². The van der Waals surface area contributed by atoms with E-state index in [1.165, 1.54) is 11.0 Å². The summed E-state index contributed by atoms with van der Waals surface area (Å²) in [5, 5.41) is 5.59. The highest BCUT2D eigenvalue weighted by Crippen LogP contribution is 2.17. The normalized spacial score (nSPS) is 15.2. The van der Waals surface area contributed by atoms with Crippen LogP contribution in [-0.4, -0.2) is 22.4 Å². The molecule has 1 aliphatic rings. The number of anilines is 1. The number of hydrogen-bond donors (Lipinski definition) is 2. The van der Waals surface area contributed by atoms with Crippen molar-refractivity contribution in [3.63, 3.8) is 0 Å². The van der Waals surface area contributed by atoms with Crippen LogP contribution in [-0.2, 0) is 16.1 Å². The van der Waals surface area contributed by atoms with E-state index in [0.29, 0.717) is 12.1 Å². The second kappa shape index (κ2) is 7.94. The summed E-state index contributed by atoms with van der Waals surface area (Å²) >= 11 is 0. The summed E-state index contributed by atoms with van der Waals surface area (Å²) in [5.41, 5.74) is 0.571. The molecule has 0 bridgehead atoms. The summed E-state index contributed by atoms with van der Waals surface area (Å²) in [7, 11) is 0. The average Bonchev–Trinajstić information content (AvgIpc) is 2.55. The summed E-state index contributed by atoms with van der Waals surface area (Å²) in [6.07, 6.45) is 5.82. The summed E-state index contributed by atoms with van der Waals surface area (Å²) in [4.78, 5) is 36.1. The number of aryl methyl sites for hydroxylation is 1. The maximum absolute atomic E-state index is 12.4. The van der Waals surface area contributed by atoms with Gasteiger partial charge in [0, 0.05) is 18.2 Å². The Hall–Kier alpha value is -2.11. The molecule has 2 amide bonds. The van der Waals surface area contributed by atoms with E-state index >= 15 is 0 Å². The highest BCUT2D eigenvalue weighted by atomic mass is 16.2. The molecule has 0 unspecified atom stereocenters. The minimum absolute atomic E-state index is 0.0169. The molecule has 1 aromatic heterocycles. The van der Waals surface area contributed by atoms with Gasteiger partial charge in [0.2, 0.25) is 11.8 Å². The van der Waals surface area contributed by atoms with Crippen LogP contribution < -0.4 is 16.2 Å². The van der Waals surface area contributed by atoms with Crippen LogP contribution in [0, 0.1) is 6.92 Å². The molecular formula is C17H25N3O3. The molecule has 0 radical (unpaired) electrons. The third-order valence-electron chi connectivity index (χ3n) is 4.26. The smallest absolute Gasteiger partial charge is 0.274 e. The topological polar surface area (TPSA) is 80.2 Å². The molecule has 0 spiro atoms. The highest BCUT2D eigenvalue weighted by Gasteiger charge is 2.17. The van der Waals surface area contributed by atoms with E-state index in [9.17, 15) is 14.4 Å². The van der Waals surface area contributed by atoms with E-state index in [-0.39, 0.29) is 35.6 Å². The van der Waals surface area contributed by atoms with Crippen LogP contribution >= 0.6 is 0 Å². The van der Waals surface area contributed by atoms with Crippen molar-refractivity contribution in [3.05, 3.63) is 28.2 Å². The quantitative estimate of drug-likeness (QED) is 0.870. The minimum atomic E-state index is -0.342. The molecule has 0 aromatic carbocycles. The maximum atomic E-state index is 12.4. The van der Waals surface area contributed by atoms with E-state index in [4.69, 9.17) is 0 Å². The van der Waals surface area contributed by atoms with Gasteiger partial charge in [0.25, 0.3) is 5.56 Å². The molecule has 126 valence electrons. The van der Waals surface area contributed by atoms with Crippen molar-refractivity contribution < 1.29 is 9.59 Å². The van der Waals surface area contributed by atoms with Crippen molar-refractivity contribution in [2.75, 3.05) is 5.32 Å². The second-order valence-electron chi connectivity index (χ2n) is 6.08. The Morgan fingerprint density at radius 3 is 2.52 bits per heavy atom. The third-order valence-corrected chi connectivity index (χ3v) is 4.26. The maximum Gasteiger partial charge on any atom is 0.274 e. The zero-order chi connectivity index (χ0) is 16.8. The van der Waals surface area contributed by atoms with Gasteiger partial charge in [-0.2, -0.15) is 0 Å². The summed E-state index contributed by atoms with van der Waals surface area (Å²) in [5.74, 6) is -0.370. The lowest BCUT2D eigenvalue weighted by Gasteiger charge is -2.23. The summed E-state index contributed by atoms with van der Waals surface area (Å²) in [6, 6.07) is 3.54. The van der Waals surface area contributed by atoms with Crippen LogP contribution in [0.25, 0.3) is 0 Å². The molecule has 1 aromatic rings. The molecule has 1 saturated carbocycles. The fourth-order valence-electron chi connectivity index (χ4n) is 2.86. The standard InChI is InChI=1S/C17H25N3O3/c1-3-15(21)19-14-10-9-12(2)20(17(14)23)11-16(22)18-13-7-5-4-6-8-13/h9-10,13H,3-8,11H2,1-2H3,(H,18,22)(H,19,21). The monoisotopic (exact) mass is 319 g/mol. The van der Waals surface area contributed by atoms with E-state index in [1.54, 1.807) is 26.0 Å². The molecule has 1 fully saturated rings. The van der Waals surface area contributed by atoms with Crippen LogP contribution in [0.2, 0.25) is 0 Å². The average molecular weight is 319 g/mol. The fraction of sp³-hybridized carbons (Fsp3) is 0.588. The lowest BCUT2D eigenvalue weighted by molar-refractivity contribution is -0.122. The highest BCUT2D eigenvalue weighted by molar-refractivity contribution is 5.90. The van der Waals surface area contributed by atoms with Crippen molar-refractivity contribution >= 4 is 17.5 Å². The van der Waals surface area contributed by atoms with Gasteiger partial charge in [-0.05, 0) is 31.9 Å². The minimum Gasteiger partial charge on any atom is -0.352 e. The zero-order valence-corrected chi connectivity index (χ0v) is 13.9. The molecule has 1 heterocycles. The third kappa shape index (κ3) is 4.68. The first kappa shape index (κ1) is 17.2. The van der Waals surface area contributed by atoms with Crippen molar-refractivity contribution in [1.82, 2.24) is 9.88 Å². The first-order valence-electron chi connectivity index (χ1n) is 8.31. The first-order valence-corrected chi connectivity index (χ1v) is 8.31. The molecular weight excluding hydrogens is 294 g/mol. The van der Waals surface area contributed by atoms with Crippen LogP contribution in [0.15, 0.2) is 16.9 Å². The van der Waals surface area contributed by atoms with E-state index in [1.807, 2.05) is 0 Å². The fourth-order valence-corrected chi connectivity index (χ4v) is 2.86. The molecule has 2 rings (SSSR count). The van der Waals surface area contributed by atoms with E-state index in [2.05, 4.69) is 10.6 Å². The van der Waals surface area contributed by atoms with Gasteiger partial charge in [0.05, 0.1) is 0 Å². The van der Waals surface area contributed by atoms with Crippen molar-refractivity contribution in [3.8, 4) is 0 Å². The van der Waals surface area contributed by atoms with Gasteiger partial charge in [-0.3, -0.25) is 14.4 Å². The lowest BCUT2D eigenvalue weighted by Crippen LogP contribution is -2.40. The van der Waals surface area contributed by atoms with Gasteiger partial charge >= 0.3 is 0 Å². The Bertz CT molecular complexity index is 630. The number of carbonyl (C=O) groups excluding carboxylic acids is 2. The predicted molar refractivity (Wildman–Crippen MR) is 89.4 cm³/mol. The van der Waals surface area contributed by atoms with Gasteiger partial charge in [0.15, 0.2) is 0 Å². The number of hydrogen-bond acceptors (Lipinski definition) is 3. The SMILES string of the molecule is CCC(=O)Nc1ccc(C)n(CC(=O)NC2CCCCC2)c1=O. The van der Waals surface area contributed by atoms with Crippen LogP contribution in [0.3, 0.4) is 0 Å². The van der Waals surface area contributed by atoms with E-state index in [0.717, 1.165) is 25.7 Å². The van der Waals surface area contributed by atoms with Crippen LogP contribution in [0.1, 0.15) is 51.1 Å². The number of pyridine rings is 1. The molecule has 2 N–H and O–H groups in total. The van der Waals surface area contributed by atoms with Crippen molar-refractivity contribution in [1.29, 1.82) is 0 Å². The van der Waals surface area contributed by atoms with Gasteiger partial charge in [-0.25, -0.2) is 0 Å². The molecule has 1 aliphatic carbocycles. The number of nitrogens with zero attached hydrogens (tertiary/aromatic N) is 1. The van der Waals surface area contributed by atoms with Gasteiger partial charge < -0.3 is 15.2 Å². The number of carbonyl (C=O) groups is 2. The first-order chi connectivity index (χ1) is 11.0. The molecule has 0 atom stereocenters. The summed E-state index contributed by atoms with van der Waals surface area (Å²) in [6.45, 7) is 3.48. The van der Waals surface area contributed by atoms with Gasteiger partial charge in [0.1, 0.15) is 12.2 Å². The molecule has 0 aliphatic heterocycles. The lowest BCUT2D eigenvalue weighted by atomic mass is 9.95. The van der Waals surface area contributed by atoms with Gasteiger partial charge in [-0.15, -0.1) is 0 Å². The van der Waals surface area contributed by atoms with Crippen molar-refractivity contribution in [2.45, 2.75) is 65.0 Å². The number of nitrogens with one attached hydrogen (secondary N) is 2. The van der Waals surface area contributed by atoms with Crippen LogP contribution in [0.4, 0.5) is 5.69 Å². The number of aromatic nitrogens is 1. The second-order valence-corrected chi connectivity index (χ2v) is 6.08. The Labute approximate surface area is 136 Å². The number of rotatable bonds is 5. The Morgan fingerprint density at radius 2 is 1.87 bits per heavy atom. The molecule has 6 nitrogen and oxygen atoms in total. The van der Waals surface area contributed by atoms with Crippen molar-refractivity contribution in [2.24, 2.45) is 0 Å². The molecule has 6 heteroatoms. The summed E-state index contributed by atoms with van der Waals surface area (Å²) < 4.78 is 1.41. The molecule has 0 saturated heterocycles. The Kier molecular flexibility index (Phi) is 5.96. The Morgan fingerprint density at radius 1 is 1.17 bits per heavy atom. The van der Waals surface area contributed by atoms with Crippen LogP contribution in [0.5, 0.6) is 0 Å². The Balaban J connectivity index is 2.08. The number of amides is 2. The zero-order valence-electron chi connectivity index (χ0n) is 13.9. The molecule has 23 heavy (non-hydrogen) atoms.